The first-order chi connectivity index (χ1) is 15.7. The number of hydrogen-bond donors (Lipinski definition) is 5. The third-order valence-corrected chi connectivity index (χ3v) is 7.46. The number of benzene rings is 1. The molecule has 2 aliphatic carbocycles. The van der Waals surface area contributed by atoms with Gasteiger partial charge in [0.2, 0.25) is 0 Å². The standard InChI is InChI=1S/C24H30FN3O5/c1-23(25)17-5-3-2-4-15(17)16-10-14(6-7-18(16)23)21(30)26-12-20(29)28-13-24(27-8-9-33-24)11-19(28)22(31)32/h2-7,10,15,17,19-20,22,27,29,31-32H,8-9,11-13H2,1H3,(H,26,30)/t15?,17?,19-,20?,23?,24?/m0/s1. The molecule has 0 bridgehead atoms. The number of aliphatic hydroxyl groups excluding tert-OH is 2. The molecule has 2 heterocycles. The maximum Gasteiger partial charge on any atom is 0.251 e. The molecule has 1 aromatic carbocycles. The van der Waals surface area contributed by atoms with Crippen LogP contribution in [0.5, 0.6) is 0 Å². The first-order valence-electron chi connectivity index (χ1n) is 11.4. The Kier molecular flexibility index (Phi) is 5.67. The van der Waals surface area contributed by atoms with Gasteiger partial charge in [0.15, 0.2) is 6.29 Å². The average Bonchev–Trinajstić information content (AvgIpc) is 3.49. The molecule has 5 rings (SSSR count). The van der Waals surface area contributed by atoms with Crippen molar-refractivity contribution < 1.29 is 29.2 Å². The molecule has 9 heteroatoms. The van der Waals surface area contributed by atoms with E-state index in [1.807, 2.05) is 24.3 Å². The van der Waals surface area contributed by atoms with Crippen molar-refractivity contribution >= 4 is 5.91 Å². The Labute approximate surface area is 191 Å². The summed E-state index contributed by atoms with van der Waals surface area (Å²) < 4.78 is 21.2. The molecule has 2 fully saturated rings. The molecule has 0 radical (unpaired) electrons. The monoisotopic (exact) mass is 459 g/mol. The summed E-state index contributed by atoms with van der Waals surface area (Å²) in [5, 5.41) is 36.2. The number of nitrogens with one attached hydrogen (secondary N) is 2. The van der Waals surface area contributed by atoms with Crippen molar-refractivity contribution in [2.45, 2.75) is 49.2 Å². The van der Waals surface area contributed by atoms with Crippen molar-refractivity contribution in [3.8, 4) is 0 Å². The smallest absolute Gasteiger partial charge is 0.251 e. The number of carbonyl (C=O) groups excluding carboxylic acids is 1. The number of halogens is 1. The lowest BCUT2D eigenvalue weighted by Crippen LogP contribution is -2.51. The van der Waals surface area contributed by atoms with Crippen molar-refractivity contribution in [1.82, 2.24) is 15.5 Å². The molecule has 2 aliphatic heterocycles. The summed E-state index contributed by atoms with van der Waals surface area (Å²) in [7, 11) is 0. The summed E-state index contributed by atoms with van der Waals surface area (Å²) in [6.07, 6.45) is 5.11. The number of rotatable bonds is 5. The number of likely N-dealkylation sites (tertiary alicyclic amines) is 1. The van der Waals surface area contributed by atoms with Gasteiger partial charge >= 0.3 is 0 Å². The van der Waals surface area contributed by atoms with E-state index in [1.54, 1.807) is 25.1 Å². The number of aliphatic hydroxyl groups is 3. The number of carbonyl (C=O) groups is 1. The predicted octanol–water partition coefficient (Wildman–Crippen LogP) is 0.460. The summed E-state index contributed by atoms with van der Waals surface area (Å²) in [6.45, 7) is 2.90. The van der Waals surface area contributed by atoms with Gasteiger partial charge in [-0.05, 0) is 30.2 Å². The molecule has 33 heavy (non-hydrogen) atoms. The molecule has 5 unspecified atom stereocenters. The summed E-state index contributed by atoms with van der Waals surface area (Å²) in [6, 6.07) is 4.27. The fraction of sp³-hybridized carbons (Fsp3) is 0.542. The van der Waals surface area contributed by atoms with Gasteiger partial charge in [0, 0.05) is 36.9 Å². The van der Waals surface area contributed by atoms with Crippen LogP contribution in [0.2, 0.25) is 0 Å². The van der Waals surface area contributed by atoms with Crippen LogP contribution in [-0.2, 0) is 10.4 Å². The lowest BCUT2D eigenvalue weighted by molar-refractivity contribution is -0.122. The van der Waals surface area contributed by atoms with Gasteiger partial charge in [0.25, 0.3) is 5.91 Å². The number of alkyl halides is 1. The van der Waals surface area contributed by atoms with Gasteiger partial charge < -0.3 is 25.4 Å². The van der Waals surface area contributed by atoms with Crippen LogP contribution < -0.4 is 10.6 Å². The van der Waals surface area contributed by atoms with Crippen LogP contribution in [0, 0.1) is 5.92 Å². The topological polar surface area (TPSA) is 114 Å². The van der Waals surface area contributed by atoms with Crippen molar-refractivity contribution in [1.29, 1.82) is 0 Å². The molecule has 6 atom stereocenters. The van der Waals surface area contributed by atoms with Crippen LogP contribution in [0.25, 0.3) is 0 Å². The molecule has 1 amide bonds. The summed E-state index contributed by atoms with van der Waals surface area (Å²) >= 11 is 0. The van der Waals surface area contributed by atoms with E-state index in [-0.39, 0.29) is 30.8 Å². The molecule has 0 aromatic heterocycles. The van der Waals surface area contributed by atoms with Gasteiger partial charge in [0.1, 0.15) is 17.6 Å². The molecular weight excluding hydrogens is 429 g/mol. The SMILES string of the molecule is CC1(F)c2ccc(C(=O)NCC(O)N3CC4(C[C@H]3C(O)O)NCCO4)cc2C2C=CC=CC21. The van der Waals surface area contributed by atoms with Crippen LogP contribution in [-0.4, -0.2) is 76.7 Å². The minimum atomic E-state index is -1.65. The van der Waals surface area contributed by atoms with Gasteiger partial charge in [-0.15, -0.1) is 0 Å². The quantitative estimate of drug-likeness (QED) is 0.407. The van der Waals surface area contributed by atoms with Crippen LogP contribution >= 0.6 is 0 Å². The van der Waals surface area contributed by atoms with Crippen LogP contribution in [0.15, 0.2) is 42.5 Å². The minimum absolute atomic E-state index is 0.106. The molecular formula is C24H30FN3O5. The predicted molar refractivity (Wildman–Crippen MR) is 118 cm³/mol. The second-order valence-corrected chi connectivity index (χ2v) is 9.52. The Morgan fingerprint density at radius 1 is 1.33 bits per heavy atom. The number of fused-ring (bicyclic) bond motifs is 3. The summed E-state index contributed by atoms with van der Waals surface area (Å²) in [5.41, 5.74) is -0.451. The summed E-state index contributed by atoms with van der Waals surface area (Å²) in [5.74, 6) is -0.806. The van der Waals surface area contributed by atoms with E-state index in [4.69, 9.17) is 4.74 Å². The highest BCUT2D eigenvalue weighted by Crippen LogP contribution is 2.53. The molecule has 2 saturated heterocycles. The van der Waals surface area contributed by atoms with Gasteiger partial charge in [-0.2, -0.15) is 0 Å². The Morgan fingerprint density at radius 2 is 2.12 bits per heavy atom. The van der Waals surface area contributed by atoms with Gasteiger partial charge in [-0.3, -0.25) is 15.0 Å². The molecule has 4 aliphatic rings. The second-order valence-electron chi connectivity index (χ2n) is 9.52. The summed E-state index contributed by atoms with van der Waals surface area (Å²) in [4.78, 5) is 14.4. The zero-order valence-electron chi connectivity index (χ0n) is 18.4. The Balaban J connectivity index is 1.27. The van der Waals surface area contributed by atoms with E-state index >= 15 is 4.39 Å². The maximum absolute atomic E-state index is 15.4. The fourth-order valence-corrected chi connectivity index (χ4v) is 5.77. The normalized spacial score (nSPS) is 35.9. The molecule has 178 valence electrons. The maximum atomic E-state index is 15.4. The molecule has 8 nitrogen and oxygen atoms in total. The molecule has 5 N–H and O–H groups in total. The van der Waals surface area contributed by atoms with Crippen LogP contribution in [0.1, 0.15) is 40.7 Å². The van der Waals surface area contributed by atoms with Gasteiger partial charge in [-0.1, -0.05) is 30.4 Å². The number of ether oxygens (including phenoxy) is 1. The highest BCUT2D eigenvalue weighted by Gasteiger charge is 2.51. The van der Waals surface area contributed by atoms with Gasteiger partial charge in [0.05, 0.1) is 19.2 Å². The van der Waals surface area contributed by atoms with Crippen molar-refractivity contribution in [3.05, 3.63) is 59.2 Å². The number of hydrogen-bond acceptors (Lipinski definition) is 7. The number of nitrogens with zero attached hydrogens (tertiary/aromatic N) is 1. The molecule has 0 saturated carbocycles. The third kappa shape index (κ3) is 3.82. The van der Waals surface area contributed by atoms with Crippen LogP contribution in [0.3, 0.4) is 0 Å². The first kappa shape index (κ1) is 22.6. The van der Waals surface area contributed by atoms with E-state index in [1.165, 1.54) is 4.90 Å². The third-order valence-electron chi connectivity index (χ3n) is 7.46. The lowest BCUT2D eigenvalue weighted by Gasteiger charge is -2.30. The van der Waals surface area contributed by atoms with Crippen molar-refractivity contribution in [2.24, 2.45) is 5.92 Å². The van der Waals surface area contributed by atoms with Crippen LogP contribution in [0.4, 0.5) is 4.39 Å². The van der Waals surface area contributed by atoms with E-state index in [0.29, 0.717) is 30.7 Å². The molecule has 1 aromatic rings. The van der Waals surface area contributed by atoms with E-state index < -0.39 is 30.0 Å². The number of allylic oxidation sites excluding steroid dienone is 4. The van der Waals surface area contributed by atoms with Crippen molar-refractivity contribution in [3.63, 3.8) is 0 Å². The first-order valence-corrected chi connectivity index (χ1v) is 11.4. The number of amides is 1. The average molecular weight is 460 g/mol. The molecule has 1 spiro atoms. The van der Waals surface area contributed by atoms with E-state index in [0.717, 1.165) is 5.56 Å². The highest BCUT2D eigenvalue weighted by atomic mass is 19.1. The van der Waals surface area contributed by atoms with Gasteiger partial charge in [-0.25, -0.2) is 4.39 Å². The minimum Gasteiger partial charge on any atom is -0.376 e. The fourth-order valence-electron chi connectivity index (χ4n) is 5.77. The zero-order chi connectivity index (χ0) is 23.4. The van der Waals surface area contributed by atoms with E-state index in [2.05, 4.69) is 10.6 Å². The lowest BCUT2D eigenvalue weighted by atomic mass is 9.83. The van der Waals surface area contributed by atoms with E-state index in [9.17, 15) is 20.1 Å². The zero-order valence-corrected chi connectivity index (χ0v) is 18.4. The Morgan fingerprint density at radius 3 is 2.85 bits per heavy atom. The van der Waals surface area contributed by atoms with Crippen molar-refractivity contribution in [2.75, 3.05) is 26.2 Å². The second kappa shape index (κ2) is 8.26. The Hall–Kier alpha value is -2.14. The Bertz CT molecular complexity index is 988. The largest absolute Gasteiger partial charge is 0.376 e. The highest BCUT2D eigenvalue weighted by molar-refractivity contribution is 5.94.